The zero-order chi connectivity index (χ0) is 18.3. The summed E-state index contributed by atoms with van der Waals surface area (Å²) < 4.78 is 5.82. The molecule has 1 aliphatic rings. The van der Waals surface area contributed by atoms with E-state index in [-0.39, 0.29) is 5.88 Å². The van der Waals surface area contributed by atoms with Gasteiger partial charge in [0, 0.05) is 21.4 Å². The lowest BCUT2D eigenvalue weighted by molar-refractivity contribution is 0.398. The molecule has 0 aliphatic carbocycles. The molecule has 0 saturated carbocycles. The summed E-state index contributed by atoms with van der Waals surface area (Å²) in [4.78, 5) is 0. The maximum atomic E-state index is 9.66. The van der Waals surface area contributed by atoms with Crippen LogP contribution in [0.15, 0.2) is 66.1 Å². The maximum Gasteiger partial charge on any atom is 0.205 e. The van der Waals surface area contributed by atoms with E-state index >= 15 is 0 Å². The number of nitrogens with zero attached hydrogens (tertiary/aromatic N) is 2. The molecule has 1 aliphatic heterocycles. The van der Waals surface area contributed by atoms with E-state index in [1.54, 1.807) is 18.2 Å². The van der Waals surface area contributed by atoms with Gasteiger partial charge in [-0.05, 0) is 23.8 Å². The van der Waals surface area contributed by atoms with Crippen LogP contribution in [-0.2, 0) is 0 Å². The Bertz CT molecular complexity index is 1170. The van der Waals surface area contributed by atoms with Gasteiger partial charge in [-0.2, -0.15) is 10.5 Å². The van der Waals surface area contributed by atoms with E-state index in [0.717, 1.165) is 21.9 Å². The van der Waals surface area contributed by atoms with Crippen molar-refractivity contribution in [2.75, 3.05) is 0 Å². The van der Waals surface area contributed by atoms with Crippen LogP contribution in [0.2, 0.25) is 5.02 Å². The topological polar surface area (TPSA) is 82.8 Å². The lowest BCUT2D eigenvalue weighted by Gasteiger charge is -2.28. The molecule has 5 heteroatoms. The molecule has 0 aromatic heterocycles. The lowest BCUT2D eigenvalue weighted by Crippen LogP contribution is -2.21. The van der Waals surface area contributed by atoms with Crippen LogP contribution in [0, 0.1) is 22.7 Å². The molecule has 124 valence electrons. The van der Waals surface area contributed by atoms with E-state index in [0.29, 0.717) is 21.9 Å². The first-order chi connectivity index (χ1) is 12.6. The van der Waals surface area contributed by atoms with Crippen molar-refractivity contribution < 1.29 is 4.74 Å². The second-order valence-corrected chi connectivity index (χ2v) is 6.39. The monoisotopic (exact) mass is 357 g/mol. The summed E-state index contributed by atoms with van der Waals surface area (Å²) in [7, 11) is 0. The predicted molar refractivity (Wildman–Crippen MR) is 99.4 cm³/mol. The molecule has 0 bridgehead atoms. The zero-order valence-corrected chi connectivity index (χ0v) is 14.3. The van der Waals surface area contributed by atoms with Crippen molar-refractivity contribution in [1.82, 2.24) is 0 Å². The van der Waals surface area contributed by atoms with Crippen LogP contribution in [-0.4, -0.2) is 0 Å². The average molecular weight is 358 g/mol. The molecule has 0 amide bonds. The first kappa shape index (κ1) is 16.0. The van der Waals surface area contributed by atoms with Crippen molar-refractivity contribution >= 4 is 22.4 Å². The molecule has 3 aromatic rings. The molecule has 1 unspecified atom stereocenters. The molecule has 26 heavy (non-hydrogen) atoms. The molecule has 0 saturated heterocycles. The number of nitriles is 2. The van der Waals surface area contributed by atoms with Crippen LogP contribution in [0.3, 0.4) is 0 Å². The molecule has 0 fully saturated rings. The van der Waals surface area contributed by atoms with E-state index < -0.39 is 5.92 Å². The number of fused-ring (bicyclic) bond motifs is 3. The first-order valence-electron chi connectivity index (χ1n) is 7.93. The van der Waals surface area contributed by atoms with Crippen molar-refractivity contribution in [3.8, 4) is 17.9 Å². The van der Waals surface area contributed by atoms with E-state index in [1.807, 2.05) is 36.4 Å². The van der Waals surface area contributed by atoms with Crippen LogP contribution in [0.4, 0.5) is 0 Å². The summed E-state index contributed by atoms with van der Waals surface area (Å²) in [5, 5.41) is 21.1. The van der Waals surface area contributed by atoms with Gasteiger partial charge in [0.05, 0.1) is 17.6 Å². The van der Waals surface area contributed by atoms with Gasteiger partial charge >= 0.3 is 0 Å². The highest BCUT2D eigenvalue weighted by molar-refractivity contribution is 6.36. The molecule has 0 radical (unpaired) electrons. The van der Waals surface area contributed by atoms with E-state index in [2.05, 4.69) is 12.1 Å². The smallest absolute Gasteiger partial charge is 0.205 e. The summed E-state index contributed by atoms with van der Waals surface area (Å²) in [5.41, 5.74) is 8.44. The Kier molecular flexibility index (Phi) is 3.77. The van der Waals surface area contributed by atoms with Gasteiger partial charge in [-0.3, -0.25) is 0 Å². The minimum atomic E-state index is -0.445. The van der Waals surface area contributed by atoms with Crippen LogP contribution in [0.5, 0.6) is 5.75 Å². The summed E-state index contributed by atoms with van der Waals surface area (Å²) >= 11 is 6.49. The first-order valence-corrected chi connectivity index (χ1v) is 8.30. The molecule has 1 heterocycles. The molecular weight excluding hydrogens is 346 g/mol. The molecule has 2 N–H and O–H groups in total. The second kappa shape index (κ2) is 6.11. The number of halogens is 1. The second-order valence-electron chi connectivity index (χ2n) is 5.98. The fourth-order valence-corrected chi connectivity index (χ4v) is 3.65. The SMILES string of the molecule is N#CC1=C(N)Oc2c(cc(Cl)c3ccccc23)C1c1cccc(C#N)c1. The van der Waals surface area contributed by atoms with Crippen molar-refractivity contribution in [2.24, 2.45) is 5.73 Å². The highest BCUT2D eigenvalue weighted by atomic mass is 35.5. The van der Waals surface area contributed by atoms with E-state index in [9.17, 15) is 10.5 Å². The fraction of sp³-hybridized carbons (Fsp3) is 0.0476. The Balaban J connectivity index is 2.06. The van der Waals surface area contributed by atoms with Gasteiger partial charge in [-0.15, -0.1) is 0 Å². The Labute approximate surface area is 155 Å². The summed E-state index contributed by atoms with van der Waals surface area (Å²) in [6, 6.07) is 20.8. The number of rotatable bonds is 1. The van der Waals surface area contributed by atoms with Crippen LogP contribution < -0.4 is 10.5 Å². The molecule has 1 atom stereocenters. The van der Waals surface area contributed by atoms with Gasteiger partial charge in [0.15, 0.2) is 0 Å². The summed E-state index contributed by atoms with van der Waals surface area (Å²) in [6.45, 7) is 0. The highest BCUT2D eigenvalue weighted by Gasteiger charge is 2.32. The summed E-state index contributed by atoms with van der Waals surface area (Å²) in [6.07, 6.45) is 0. The third kappa shape index (κ3) is 2.37. The average Bonchev–Trinajstić information content (AvgIpc) is 2.68. The minimum absolute atomic E-state index is 0.0693. The normalized spacial score (nSPS) is 15.7. The molecular formula is C21H12ClN3O. The van der Waals surface area contributed by atoms with E-state index in [4.69, 9.17) is 22.1 Å². The van der Waals surface area contributed by atoms with Crippen molar-refractivity contribution in [3.05, 3.63) is 87.8 Å². The van der Waals surface area contributed by atoms with Gasteiger partial charge in [0.2, 0.25) is 5.88 Å². The third-order valence-electron chi connectivity index (χ3n) is 4.52. The maximum absolute atomic E-state index is 9.66. The molecule has 0 spiro atoms. The quantitative estimate of drug-likeness (QED) is 0.690. The highest BCUT2D eigenvalue weighted by Crippen LogP contribution is 2.47. The zero-order valence-electron chi connectivity index (χ0n) is 13.5. The Hall–Kier alpha value is -3.47. The van der Waals surface area contributed by atoms with Gasteiger partial charge in [-0.1, -0.05) is 48.0 Å². The number of benzene rings is 3. The van der Waals surface area contributed by atoms with Crippen LogP contribution >= 0.6 is 11.6 Å². The van der Waals surface area contributed by atoms with Crippen molar-refractivity contribution in [2.45, 2.75) is 5.92 Å². The van der Waals surface area contributed by atoms with E-state index in [1.165, 1.54) is 0 Å². The van der Waals surface area contributed by atoms with Gasteiger partial charge in [-0.25, -0.2) is 0 Å². The van der Waals surface area contributed by atoms with Crippen molar-refractivity contribution in [1.29, 1.82) is 10.5 Å². The summed E-state index contributed by atoms with van der Waals surface area (Å²) in [5.74, 6) is 0.216. The Morgan fingerprint density at radius 1 is 0.962 bits per heavy atom. The number of nitrogens with two attached hydrogens (primary N) is 1. The van der Waals surface area contributed by atoms with Crippen LogP contribution in [0.25, 0.3) is 10.8 Å². The van der Waals surface area contributed by atoms with Crippen molar-refractivity contribution in [3.63, 3.8) is 0 Å². The largest absolute Gasteiger partial charge is 0.440 e. The van der Waals surface area contributed by atoms with Gasteiger partial charge in [0.25, 0.3) is 0 Å². The number of hydrogen-bond acceptors (Lipinski definition) is 4. The third-order valence-corrected chi connectivity index (χ3v) is 4.83. The predicted octanol–water partition coefficient (Wildman–Crippen LogP) is 4.58. The molecule has 3 aromatic carbocycles. The molecule has 4 rings (SSSR count). The van der Waals surface area contributed by atoms with Gasteiger partial charge in [0.1, 0.15) is 17.4 Å². The lowest BCUT2D eigenvalue weighted by atomic mass is 9.82. The van der Waals surface area contributed by atoms with Crippen LogP contribution in [0.1, 0.15) is 22.6 Å². The Morgan fingerprint density at radius 2 is 1.73 bits per heavy atom. The number of hydrogen-bond donors (Lipinski definition) is 1. The number of allylic oxidation sites excluding steroid dienone is 1. The number of ether oxygens (including phenoxy) is 1. The van der Waals surface area contributed by atoms with Gasteiger partial charge < -0.3 is 10.5 Å². The Morgan fingerprint density at radius 3 is 2.46 bits per heavy atom. The minimum Gasteiger partial charge on any atom is -0.440 e. The standard InChI is InChI=1S/C21H12ClN3O/c22-18-9-16-19(13-5-3-4-12(8-13)10-23)17(11-24)21(25)26-20(16)15-7-2-1-6-14(15)18/h1-9,19H,25H2. The fourth-order valence-electron chi connectivity index (χ4n) is 3.37. The molecule has 4 nitrogen and oxygen atoms in total.